The molecule has 0 N–H and O–H groups in total. The lowest BCUT2D eigenvalue weighted by atomic mass is 9.94. The quantitative estimate of drug-likeness (QED) is 0.806. The van der Waals surface area contributed by atoms with Crippen molar-refractivity contribution >= 4 is 11.5 Å². The highest BCUT2D eigenvalue weighted by Crippen LogP contribution is 2.35. The van der Waals surface area contributed by atoms with Gasteiger partial charge in [-0.3, -0.25) is 0 Å². The van der Waals surface area contributed by atoms with Crippen LogP contribution >= 0.6 is 0 Å². The second-order valence-corrected chi connectivity index (χ2v) is 5.30. The molecule has 1 heterocycles. The van der Waals surface area contributed by atoms with Crippen molar-refractivity contribution in [2.24, 2.45) is 0 Å². The van der Waals surface area contributed by atoms with E-state index in [1.165, 1.54) is 0 Å². The number of carbonyl (C=O) groups excluding carboxylic acids is 1. The molecule has 2 aromatic rings. The highest BCUT2D eigenvalue weighted by Gasteiger charge is 2.24. The molecule has 1 aliphatic rings. The van der Waals surface area contributed by atoms with Gasteiger partial charge < -0.3 is 14.2 Å². The molecule has 2 aromatic carbocycles. The van der Waals surface area contributed by atoms with Crippen LogP contribution in [0, 0.1) is 0 Å². The predicted octanol–water partition coefficient (Wildman–Crippen LogP) is 3.78. The molecular formula is C19H18O4. The Bertz CT molecular complexity index is 714. The Hall–Kier alpha value is -2.75. The minimum atomic E-state index is -0.317. The zero-order valence-corrected chi connectivity index (χ0v) is 13.1. The number of carbonyl (C=O) groups is 1. The van der Waals surface area contributed by atoms with Gasteiger partial charge in [0, 0.05) is 12.5 Å². The van der Waals surface area contributed by atoms with Crippen LogP contribution in [0.2, 0.25) is 0 Å². The van der Waals surface area contributed by atoms with E-state index in [4.69, 9.17) is 14.2 Å². The van der Waals surface area contributed by atoms with Crippen molar-refractivity contribution < 1.29 is 19.0 Å². The van der Waals surface area contributed by atoms with E-state index < -0.39 is 0 Å². The molecule has 0 saturated heterocycles. The molecule has 1 unspecified atom stereocenters. The van der Waals surface area contributed by atoms with E-state index in [1.807, 2.05) is 48.5 Å². The van der Waals surface area contributed by atoms with Crippen LogP contribution in [-0.4, -0.2) is 20.2 Å². The first-order chi connectivity index (χ1) is 11.2. The molecule has 0 saturated carbocycles. The number of ether oxygens (including phenoxy) is 3. The fourth-order valence-electron chi connectivity index (χ4n) is 2.63. The molecule has 118 valence electrons. The van der Waals surface area contributed by atoms with Crippen LogP contribution in [-0.2, 0) is 9.53 Å². The minimum Gasteiger partial charge on any atom is -0.497 e. The van der Waals surface area contributed by atoms with E-state index >= 15 is 0 Å². The molecule has 23 heavy (non-hydrogen) atoms. The van der Waals surface area contributed by atoms with Gasteiger partial charge in [-0.1, -0.05) is 24.3 Å². The summed E-state index contributed by atoms with van der Waals surface area (Å²) in [5, 5.41) is 0. The summed E-state index contributed by atoms with van der Waals surface area (Å²) in [5.41, 5.74) is 2.92. The van der Waals surface area contributed by atoms with Crippen LogP contribution in [0.1, 0.15) is 23.7 Å². The normalized spacial score (nSPS) is 17.2. The van der Waals surface area contributed by atoms with Crippen LogP contribution in [0.3, 0.4) is 0 Å². The van der Waals surface area contributed by atoms with Gasteiger partial charge in [0.05, 0.1) is 14.2 Å². The third-order valence-electron chi connectivity index (χ3n) is 3.90. The van der Waals surface area contributed by atoms with Crippen LogP contribution in [0.25, 0.3) is 5.57 Å². The second-order valence-electron chi connectivity index (χ2n) is 5.30. The topological polar surface area (TPSA) is 44.8 Å². The van der Waals surface area contributed by atoms with Gasteiger partial charge in [-0.05, 0) is 41.0 Å². The molecule has 3 rings (SSSR count). The average molecular weight is 310 g/mol. The summed E-state index contributed by atoms with van der Waals surface area (Å²) in [6.45, 7) is 0. The Kier molecular flexibility index (Phi) is 4.33. The number of benzene rings is 2. The van der Waals surface area contributed by atoms with Crippen molar-refractivity contribution in [3.05, 3.63) is 65.7 Å². The van der Waals surface area contributed by atoms with E-state index in [0.717, 1.165) is 28.2 Å². The van der Waals surface area contributed by atoms with Gasteiger partial charge in [-0.15, -0.1) is 0 Å². The lowest BCUT2D eigenvalue weighted by molar-refractivity contribution is -0.144. The zero-order chi connectivity index (χ0) is 16.2. The fraction of sp³-hybridized carbons (Fsp3) is 0.211. The van der Waals surface area contributed by atoms with Crippen molar-refractivity contribution in [1.82, 2.24) is 0 Å². The Morgan fingerprint density at radius 3 is 2.04 bits per heavy atom. The van der Waals surface area contributed by atoms with Crippen LogP contribution in [0.4, 0.5) is 0 Å². The maximum Gasteiger partial charge on any atom is 0.331 e. The third-order valence-corrected chi connectivity index (χ3v) is 3.90. The number of cyclic esters (lactones) is 1. The average Bonchev–Trinajstić information content (AvgIpc) is 2.61. The highest BCUT2D eigenvalue weighted by atomic mass is 16.5. The summed E-state index contributed by atoms with van der Waals surface area (Å²) in [7, 11) is 3.26. The first-order valence-electron chi connectivity index (χ1n) is 7.39. The summed E-state index contributed by atoms with van der Waals surface area (Å²) >= 11 is 0. The van der Waals surface area contributed by atoms with Gasteiger partial charge in [0.1, 0.15) is 17.6 Å². The Labute approximate surface area is 135 Å². The van der Waals surface area contributed by atoms with E-state index in [-0.39, 0.29) is 12.1 Å². The van der Waals surface area contributed by atoms with Crippen molar-refractivity contribution in [3.8, 4) is 11.5 Å². The van der Waals surface area contributed by atoms with Crippen LogP contribution in [0.5, 0.6) is 11.5 Å². The third kappa shape index (κ3) is 3.37. The summed E-state index contributed by atoms with van der Waals surface area (Å²) in [4.78, 5) is 11.9. The van der Waals surface area contributed by atoms with Crippen molar-refractivity contribution in [3.63, 3.8) is 0 Å². The van der Waals surface area contributed by atoms with Gasteiger partial charge >= 0.3 is 5.97 Å². The summed E-state index contributed by atoms with van der Waals surface area (Å²) in [5.74, 6) is 1.25. The molecule has 0 radical (unpaired) electrons. The Morgan fingerprint density at radius 1 is 0.913 bits per heavy atom. The molecule has 0 fully saturated rings. The molecular weight excluding hydrogens is 292 g/mol. The Morgan fingerprint density at radius 2 is 1.48 bits per heavy atom. The Balaban J connectivity index is 1.83. The molecule has 0 spiro atoms. The van der Waals surface area contributed by atoms with Crippen molar-refractivity contribution in [2.45, 2.75) is 12.5 Å². The van der Waals surface area contributed by atoms with E-state index in [1.54, 1.807) is 20.3 Å². The summed E-state index contributed by atoms with van der Waals surface area (Å²) in [6.07, 6.45) is 1.92. The SMILES string of the molecule is COc1ccc(C2=CC(=O)OC(c3ccc(OC)cc3)C2)cc1. The number of methoxy groups -OCH3 is 2. The van der Waals surface area contributed by atoms with Gasteiger partial charge in [-0.25, -0.2) is 4.79 Å². The van der Waals surface area contributed by atoms with Crippen LogP contribution in [0.15, 0.2) is 54.6 Å². The maximum atomic E-state index is 11.9. The molecule has 4 nitrogen and oxygen atoms in total. The molecule has 1 atom stereocenters. The molecule has 1 aliphatic heterocycles. The minimum absolute atomic E-state index is 0.282. The first-order valence-corrected chi connectivity index (χ1v) is 7.39. The van der Waals surface area contributed by atoms with E-state index in [2.05, 4.69) is 0 Å². The second kappa shape index (κ2) is 6.57. The van der Waals surface area contributed by atoms with Gasteiger partial charge in [0.2, 0.25) is 0 Å². The lowest BCUT2D eigenvalue weighted by Gasteiger charge is -2.24. The van der Waals surface area contributed by atoms with E-state index in [0.29, 0.717) is 6.42 Å². The number of rotatable bonds is 4. The highest BCUT2D eigenvalue weighted by molar-refractivity contribution is 5.93. The van der Waals surface area contributed by atoms with Crippen molar-refractivity contribution in [2.75, 3.05) is 14.2 Å². The van der Waals surface area contributed by atoms with Gasteiger partial charge in [0.25, 0.3) is 0 Å². The summed E-state index contributed by atoms with van der Waals surface area (Å²) < 4.78 is 15.8. The monoisotopic (exact) mass is 310 g/mol. The molecule has 0 aromatic heterocycles. The molecule has 0 bridgehead atoms. The molecule has 4 heteroatoms. The van der Waals surface area contributed by atoms with Gasteiger partial charge in [-0.2, -0.15) is 0 Å². The number of esters is 1. The molecule has 0 aliphatic carbocycles. The predicted molar refractivity (Wildman–Crippen MR) is 87.4 cm³/mol. The largest absolute Gasteiger partial charge is 0.497 e. The summed E-state index contributed by atoms with van der Waals surface area (Å²) in [6, 6.07) is 15.3. The number of hydrogen-bond donors (Lipinski definition) is 0. The fourth-order valence-corrected chi connectivity index (χ4v) is 2.63. The standard InChI is InChI=1S/C19H18O4/c1-21-16-7-3-13(4-8-16)15-11-18(23-19(20)12-15)14-5-9-17(22-2)10-6-14/h3-10,12,18H,11H2,1-2H3. The first kappa shape index (κ1) is 15.2. The van der Waals surface area contributed by atoms with Gasteiger partial charge in [0.15, 0.2) is 0 Å². The van der Waals surface area contributed by atoms with Crippen molar-refractivity contribution in [1.29, 1.82) is 0 Å². The zero-order valence-electron chi connectivity index (χ0n) is 13.1. The smallest absolute Gasteiger partial charge is 0.331 e. The number of hydrogen-bond acceptors (Lipinski definition) is 4. The molecule has 0 amide bonds. The van der Waals surface area contributed by atoms with Crippen LogP contribution < -0.4 is 9.47 Å². The lowest BCUT2D eigenvalue weighted by Crippen LogP contribution is -2.15. The maximum absolute atomic E-state index is 11.9. The van der Waals surface area contributed by atoms with E-state index in [9.17, 15) is 4.79 Å².